The predicted octanol–water partition coefficient (Wildman–Crippen LogP) is 4.62. The van der Waals surface area contributed by atoms with E-state index in [1.54, 1.807) is 23.1 Å². The molecule has 4 aromatic rings. The highest BCUT2D eigenvalue weighted by atomic mass is 19.1. The van der Waals surface area contributed by atoms with Crippen LogP contribution in [0.1, 0.15) is 31.2 Å². The minimum Gasteiger partial charge on any atom is -0.378 e. The molecule has 1 fully saturated rings. The molecule has 9 heteroatoms. The Hall–Kier alpha value is -4.27. The van der Waals surface area contributed by atoms with Crippen LogP contribution in [0.5, 0.6) is 0 Å². The van der Waals surface area contributed by atoms with Crippen molar-refractivity contribution in [2.45, 2.75) is 44.3 Å². The number of fused-ring (bicyclic) bond motifs is 1. The molecule has 1 aromatic heterocycles. The third-order valence-corrected chi connectivity index (χ3v) is 7.30. The molecule has 0 aliphatic heterocycles. The van der Waals surface area contributed by atoms with Gasteiger partial charge in [-0.25, -0.2) is 9.07 Å². The number of benzene rings is 3. The summed E-state index contributed by atoms with van der Waals surface area (Å²) in [4.78, 5) is 31.4. The second-order valence-electron chi connectivity index (χ2n) is 9.94. The van der Waals surface area contributed by atoms with Gasteiger partial charge < -0.3 is 15.1 Å². The van der Waals surface area contributed by atoms with Crippen molar-refractivity contribution in [2.75, 3.05) is 24.3 Å². The van der Waals surface area contributed by atoms with Crippen LogP contribution < -0.4 is 10.2 Å². The molecule has 2 amide bonds. The summed E-state index contributed by atoms with van der Waals surface area (Å²) in [5.41, 5.74) is 2.30. The summed E-state index contributed by atoms with van der Waals surface area (Å²) in [6.07, 6.45) is 2.57. The third kappa shape index (κ3) is 4.96. The van der Waals surface area contributed by atoms with Gasteiger partial charge in [0.1, 0.15) is 23.4 Å². The van der Waals surface area contributed by atoms with Gasteiger partial charge in [0.05, 0.1) is 5.52 Å². The van der Waals surface area contributed by atoms with Crippen molar-refractivity contribution in [3.05, 3.63) is 84.2 Å². The summed E-state index contributed by atoms with van der Waals surface area (Å²) in [7, 11) is 3.90. The standard InChI is InChI=1S/C29H31FN6O2/c1-34(2)23-15-13-22(14-16-23)31-28(38)29(17-7-8-18-29)35(19-21-9-3-4-10-24(21)30)27(37)20-36-26-12-6-5-11-25(26)32-33-36/h3-6,9-16H,7-8,17-20H2,1-2H3,(H,31,38). The predicted molar refractivity (Wildman–Crippen MR) is 145 cm³/mol. The zero-order valence-electron chi connectivity index (χ0n) is 21.6. The molecule has 1 aliphatic rings. The first-order valence-electron chi connectivity index (χ1n) is 12.8. The normalized spacial score (nSPS) is 14.4. The molecule has 0 radical (unpaired) electrons. The number of hydrogen-bond acceptors (Lipinski definition) is 5. The van der Waals surface area contributed by atoms with Crippen molar-refractivity contribution in [1.29, 1.82) is 0 Å². The number of anilines is 2. The van der Waals surface area contributed by atoms with Crippen LogP contribution in [0.2, 0.25) is 0 Å². The highest BCUT2D eigenvalue weighted by Crippen LogP contribution is 2.38. The number of para-hydroxylation sites is 1. The molecule has 1 heterocycles. The lowest BCUT2D eigenvalue weighted by Crippen LogP contribution is -2.57. The second-order valence-corrected chi connectivity index (χ2v) is 9.94. The topological polar surface area (TPSA) is 83.4 Å². The molecule has 38 heavy (non-hydrogen) atoms. The van der Waals surface area contributed by atoms with Crippen LogP contribution in [0, 0.1) is 5.82 Å². The van der Waals surface area contributed by atoms with Gasteiger partial charge in [0.25, 0.3) is 0 Å². The smallest absolute Gasteiger partial charge is 0.250 e. The largest absolute Gasteiger partial charge is 0.378 e. The summed E-state index contributed by atoms with van der Waals surface area (Å²) < 4.78 is 16.3. The van der Waals surface area contributed by atoms with Crippen LogP contribution in [-0.2, 0) is 22.7 Å². The van der Waals surface area contributed by atoms with Gasteiger partial charge in [-0.1, -0.05) is 48.4 Å². The lowest BCUT2D eigenvalue weighted by molar-refractivity contribution is -0.147. The van der Waals surface area contributed by atoms with Crippen LogP contribution in [0.25, 0.3) is 11.0 Å². The molecule has 0 spiro atoms. The third-order valence-electron chi connectivity index (χ3n) is 7.30. The Kier molecular flexibility index (Phi) is 7.09. The zero-order chi connectivity index (χ0) is 26.7. The lowest BCUT2D eigenvalue weighted by atomic mass is 9.92. The van der Waals surface area contributed by atoms with Crippen LogP contribution in [0.15, 0.2) is 72.8 Å². The minimum absolute atomic E-state index is 0.0227. The van der Waals surface area contributed by atoms with E-state index in [2.05, 4.69) is 15.6 Å². The van der Waals surface area contributed by atoms with E-state index >= 15 is 0 Å². The Bertz CT molecular complexity index is 1440. The average Bonchev–Trinajstić information content (AvgIpc) is 3.57. The molecule has 1 saturated carbocycles. The molecule has 1 aliphatic carbocycles. The Balaban J connectivity index is 1.49. The van der Waals surface area contributed by atoms with E-state index in [1.165, 1.54) is 10.7 Å². The number of carbonyl (C=O) groups excluding carboxylic acids is 2. The fraction of sp³-hybridized carbons (Fsp3) is 0.310. The van der Waals surface area contributed by atoms with Gasteiger partial charge in [0, 0.05) is 37.6 Å². The molecular formula is C29H31FN6O2. The molecule has 0 unspecified atom stereocenters. The highest BCUT2D eigenvalue weighted by molar-refractivity contribution is 6.01. The van der Waals surface area contributed by atoms with E-state index in [0.717, 1.165) is 24.0 Å². The summed E-state index contributed by atoms with van der Waals surface area (Å²) >= 11 is 0. The first-order chi connectivity index (χ1) is 18.4. The fourth-order valence-electron chi connectivity index (χ4n) is 5.19. The molecule has 0 atom stereocenters. The highest BCUT2D eigenvalue weighted by Gasteiger charge is 2.48. The Morgan fingerprint density at radius 1 is 0.974 bits per heavy atom. The Morgan fingerprint density at radius 3 is 2.37 bits per heavy atom. The van der Waals surface area contributed by atoms with Gasteiger partial charge in [-0.3, -0.25) is 9.59 Å². The average molecular weight is 515 g/mol. The molecule has 196 valence electrons. The van der Waals surface area contributed by atoms with Crippen LogP contribution in [-0.4, -0.2) is 51.3 Å². The van der Waals surface area contributed by atoms with Gasteiger partial charge in [-0.2, -0.15) is 0 Å². The van der Waals surface area contributed by atoms with Gasteiger partial charge in [0.2, 0.25) is 11.8 Å². The van der Waals surface area contributed by atoms with Crippen LogP contribution >= 0.6 is 0 Å². The number of amides is 2. The molecule has 8 nitrogen and oxygen atoms in total. The quantitative estimate of drug-likeness (QED) is 0.371. The van der Waals surface area contributed by atoms with E-state index in [9.17, 15) is 14.0 Å². The first kappa shape index (κ1) is 25.4. The van der Waals surface area contributed by atoms with E-state index in [4.69, 9.17) is 0 Å². The molecule has 0 saturated heterocycles. The van der Waals surface area contributed by atoms with Gasteiger partial charge in [0.15, 0.2) is 0 Å². The minimum atomic E-state index is -1.12. The maximum absolute atomic E-state index is 14.8. The number of halogens is 1. The van der Waals surface area contributed by atoms with E-state index in [1.807, 2.05) is 67.5 Å². The number of rotatable bonds is 8. The number of nitrogens with one attached hydrogen (secondary N) is 1. The number of carbonyl (C=O) groups is 2. The Labute approximate surface area is 221 Å². The van der Waals surface area contributed by atoms with Crippen molar-refractivity contribution in [1.82, 2.24) is 19.9 Å². The molecular weight excluding hydrogens is 483 g/mol. The molecule has 1 N–H and O–H groups in total. The molecule has 3 aromatic carbocycles. The van der Waals surface area contributed by atoms with Gasteiger partial charge in [-0.05, 0) is 55.3 Å². The summed E-state index contributed by atoms with van der Waals surface area (Å²) in [5, 5.41) is 11.4. The van der Waals surface area contributed by atoms with Crippen molar-refractivity contribution >= 4 is 34.2 Å². The Morgan fingerprint density at radius 2 is 1.66 bits per heavy atom. The van der Waals surface area contributed by atoms with Crippen molar-refractivity contribution in [3.8, 4) is 0 Å². The number of nitrogens with zero attached hydrogens (tertiary/aromatic N) is 5. The van der Waals surface area contributed by atoms with Crippen molar-refractivity contribution < 1.29 is 14.0 Å². The summed E-state index contributed by atoms with van der Waals surface area (Å²) in [6.45, 7) is -0.132. The number of aromatic nitrogens is 3. The molecule has 0 bridgehead atoms. The summed E-state index contributed by atoms with van der Waals surface area (Å²) in [6, 6.07) is 21.3. The van der Waals surface area contributed by atoms with Crippen LogP contribution in [0.3, 0.4) is 0 Å². The summed E-state index contributed by atoms with van der Waals surface area (Å²) in [5.74, 6) is -0.992. The lowest BCUT2D eigenvalue weighted by Gasteiger charge is -2.40. The van der Waals surface area contributed by atoms with Gasteiger partial charge in [-0.15, -0.1) is 5.10 Å². The maximum Gasteiger partial charge on any atom is 0.250 e. The van der Waals surface area contributed by atoms with E-state index in [-0.39, 0.29) is 24.9 Å². The number of hydrogen-bond donors (Lipinski definition) is 1. The fourth-order valence-corrected chi connectivity index (χ4v) is 5.19. The van der Waals surface area contributed by atoms with Gasteiger partial charge >= 0.3 is 0 Å². The van der Waals surface area contributed by atoms with Crippen LogP contribution in [0.4, 0.5) is 15.8 Å². The second kappa shape index (κ2) is 10.6. The zero-order valence-corrected chi connectivity index (χ0v) is 21.6. The first-order valence-corrected chi connectivity index (χ1v) is 12.8. The monoisotopic (exact) mass is 514 g/mol. The van der Waals surface area contributed by atoms with Crippen molar-refractivity contribution in [2.24, 2.45) is 0 Å². The van der Waals surface area contributed by atoms with E-state index in [0.29, 0.717) is 29.6 Å². The SMILES string of the molecule is CN(C)c1ccc(NC(=O)C2(N(Cc3ccccc3F)C(=O)Cn3nnc4ccccc43)CCCC2)cc1. The maximum atomic E-state index is 14.8. The van der Waals surface area contributed by atoms with Crippen molar-refractivity contribution in [3.63, 3.8) is 0 Å². The van der Waals surface area contributed by atoms with E-state index < -0.39 is 11.4 Å². The molecule has 5 rings (SSSR count).